The van der Waals surface area contributed by atoms with Crippen molar-refractivity contribution in [2.24, 2.45) is 0 Å². The first-order valence-corrected chi connectivity index (χ1v) is 25.6. The lowest BCUT2D eigenvalue weighted by Crippen LogP contribution is -2.10. The summed E-state index contributed by atoms with van der Waals surface area (Å²) in [6.45, 7) is 23.0. The predicted molar refractivity (Wildman–Crippen MR) is 292 cm³/mol. The Morgan fingerprint density at radius 3 is 1.52 bits per heavy atom. The maximum absolute atomic E-state index is 6.42. The summed E-state index contributed by atoms with van der Waals surface area (Å²) < 4.78 is 57.8. The van der Waals surface area contributed by atoms with Crippen LogP contribution in [0.1, 0.15) is 61.2 Å². The fourth-order valence-corrected chi connectivity index (χ4v) is 11.1. The molecule has 12 aromatic rings. The highest BCUT2D eigenvalue weighted by molar-refractivity contribution is 6.15. The number of benzene rings is 2. The van der Waals surface area contributed by atoms with Gasteiger partial charge in [-0.1, -0.05) is 12.1 Å². The molecular weight excluding hydrogens is 945 g/mol. The molecule has 0 unspecified atom stereocenters. The van der Waals surface area contributed by atoms with E-state index in [2.05, 4.69) is 108 Å². The van der Waals surface area contributed by atoms with Crippen LogP contribution in [-0.2, 0) is 6.67 Å². The highest BCUT2D eigenvalue weighted by atomic mass is 16.6. The van der Waals surface area contributed by atoms with E-state index in [4.69, 9.17) is 46.6 Å². The maximum Gasteiger partial charge on any atom is 0.285 e. The van der Waals surface area contributed by atoms with Gasteiger partial charge in [0, 0.05) is 100 Å². The average molecular weight is 1000 g/mol. The maximum atomic E-state index is 6.42. The summed E-state index contributed by atoms with van der Waals surface area (Å²) in [5.74, 6) is 4.48. The van der Waals surface area contributed by atoms with E-state index in [0.29, 0.717) is 79.9 Å². The topological polar surface area (TPSA) is 135 Å². The van der Waals surface area contributed by atoms with Crippen molar-refractivity contribution in [2.45, 2.75) is 75.9 Å². The number of aryl methyl sites for hydroxylation is 6. The summed E-state index contributed by atoms with van der Waals surface area (Å²) in [7, 11) is 0. The van der Waals surface area contributed by atoms with Gasteiger partial charge in [0.15, 0.2) is 0 Å². The Kier molecular flexibility index (Phi) is 11.7. The number of hydrogen-bond acceptors (Lipinski definition) is 10. The van der Waals surface area contributed by atoms with E-state index in [-0.39, 0.29) is 0 Å². The van der Waals surface area contributed by atoms with E-state index in [9.17, 15) is 0 Å². The smallest absolute Gasteiger partial charge is 0.285 e. The minimum absolute atomic E-state index is 0.448. The van der Waals surface area contributed by atoms with Gasteiger partial charge in [0.25, 0.3) is 23.8 Å². The molecule has 0 aliphatic rings. The van der Waals surface area contributed by atoms with Crippen molar-refractivity contribution in [2.75, 3.05) is 26.4 Å². The lowest BCUT2D eigenvalue weighted by Gasteiger charge is -2.17. The van der Waals surface area contributed by atoms with Crippen molar-refractivity contribution in [3.8, 4) is 80.5 Å². The fourth-order valence-electron chi connectivity index (χ4n) is 11.1. The third kappa shape index (κ3) is 7.85. The zero-order chi connectivity index (χ0) is 51.8. The van der Waals surface area contributed by atoms with Crippen molar-refractivity contribution in [1.29, 1.82) is 0 Å². The van der Waals surface area contributed by atoms with Gasteiger partial charge in [0.05, 0.1) is 70.8 Å². The van der Waals surface area contributed by atoms with Crippen LogP contribution in [0, 0.1) is 41.5 Å². The second-order valence-corrected chi connectivity index (χ2v) is 19.0. The summed E-state index contributed by atoms with van der Waals surface area (Å²) in [5, 5.41) is 3.15. The van der Waals surface area contributed by atoms with Crippen LogP contribution < -0.4 is 18.9 Å². The van der Waals surface area contributed by atoms with Gasteiger partial charge in [-0.05, 0) is 133 Å². The molecule has 75 heavy (non-hydrogen) atoms. The van der Waals surface area contributed by atoms with Crippen LogP contribution in [0.2, 0.25) is 0 Å². The molecule has 2 aromatic carbocycles. The molecule has 0 radical (unpaired) electrons. The minimum atomic E-state index is 0.448. The summed E-state index contributed by atoms with van der Waals surface area (Å²) >= 11 is 0. The van der Waals surface area contributed by atoms with Crippen LogP contribution in [0.4, 0.5) is 0 Å². The van der Waals surface area contributed by atoms with E-state index in [1.165, 1.54) is 0 Å². The Morgan fingerprint density at radius 2 is 0.960 bits per heavy atom. The number of fused-ring (bicyclic) bond motifs is 6. The second kappa shape index (κ2) is 18.6. The number of furan rings is 4. The van der Waals surface area contributed by atoms with Crippen molar-refractivity contribution < 1.29 is 36.6 Å². The Balaban J connectivity index is 1.07. The Labute approximate surface area is 433 Å². The van der Waals surface area contributed by atoms with E-state index in [1.807, 2.05) is 89.5 Å². The normalized spacial score (nSPS) is 11.9. The summed E-state index contributed by atoms with van der Waals surface area (Å²) in [4.78, 5) is 10.1. The molecule has 0 saturated carbocycles. The monoisotopic (exact) mass is 1000 g/mol. The summed E-state index contributed by atoms with van der Waals surface area (Å²) in [5.41, 5.74) is 16.9. The van der Waals surface area contributed by atoms with Crippen LogP contribution >= 0.6 is 0 Å². The summed E-state index contributed by atoms with van der Waals surface area (Å²) in [6, 6.07) is 24.3. The lowest BCUT2D eigenvalue weighted by molar-refractivity contribution is 0.259. The second-order valence-electron chi connectivity index (χ2n) is 19.0. The van der Waals surface area contributed by atoms with Crippen LogP contribution in [0.25, 0.3) is 100 Å². The highest BCUT2D eigenvalue weighted by Crippen LogP contribution is 2.46. The molecule has 0 amide bonds. The molecule has 0 N–H and O–H groups in total. The fraction of sp³-hybridized carbons (Fsp3) is 0.246. The van der Waals surface area contributed by atoms with Gasteiger partial charge in [0.2, 0.25) is 0 Å². The van der Waals surface area contributed by atoms with E-state index >= 15 is 0 Å². The SMILES string of the molecule is CCOc1ccc(-c2cn(-c3c(C)cc(C)c4c3c3nc(C)ccc3n4Cn3c4ccncc4c4c(-n5cc(-c6ccc(OCC)o6)c(-c6oc(OCC)cc6C)c5)c(C)cc(C)c43)cc2-c2ccc(OCC)o2)o1. The quantitative estimate of drug-likeness (QED) is 0.0920. The van der Waals surface area contributed by atoms with E-state index < -0.39 is 0 Å². The lowest BCUT2D eigenvalue weighted by atomic mass is 10.0. The third-order valence-corrected chi connectivity index (χ3v) is 14.0. The number of nitrogens with zero attached hydrogens (tertiary/aromatic N) is 6. The van der Waals surface area contributed by atoms with Gasteiger partial charge in [-0.3, -0.25) is 9.97 Å². The van der Waals surface area contributed by atoms with Crippen molar-refractivity contribution in [3.05, 3.63) is 143 Å². The van der Waals surface area contributed by atoms with Crippen molar-refractivity contribution in [3.63, 3.8) is 0 Å². The molecule has 0 atom stereocenters. The van der Waals surface area contributed by atoms with Crippen LogP contribution in [-0.4, -0.2) is 54.7 Å². The van der Waals surface area contributed by atoms with Crippen LogP contribution in [0.15, 0.2) is 128 Å². The highest BCUT2D eigenvalue weighted by Gasteiger charge is 2.28. The zero-order valence-electron chi connectivity index (χ0n) is 43.9. The van der Waals surface area contributed by atoms with Crippen LogP contribution in [0.3, 0.4) is 0 Å². The number of aromatic nitrogens is 6. The molecule has 10 heterocycles. The van der Waals surface area contributed by atoms with Gasteiger partial charge in [-0.25, -0.2) is 0 Å². The molecule has 0 aliphatic heterocycles. The zero-order valence-corrected chi connectivity index (χ0v) is 43.9. The largest absolute Gasteiger partial charge is 0.465 e. The van der Waals surface area contributed by atoms with E-state index in [1.54, 1.807) is 0 Å². The first kappa shape index (κ1) is 47.2. The first-order chi connectivity index (χ1) is 36.5. The van der Waals surface area contributed by atoms with Gasteiger partial charge in [-0.2, -0.15) is 0 Å². The van der Waals surface area contributed by atoms with Gasteiger partial charge >= 0.3 is 0 Å². The van der Waals surface area contributed by atoms with Gasteiger partial charge < -0.3 is 54.9 Å². The van der Waals surface area contributed by atoms with Crippen LogP contribution in [0.5, 0.6) is 23.8 Å². The predicted octanol–water partition coefficient (Wildman–Crippen LogP) is 15.3. The van der Waals surface area contributed by atoms with E-state index in [0.717, 1.165) is 111 Å². The molecule has 0 aliphatic carbocycles. The number of pyridine rings is 2. The number of hydrogen-bond donors (Lipinski definition) is 0. The van der Waals surface area contributed by atoms with Crippen molar-refractivity contribution in [1.82, 2.24) is 28.2 Å². The molecule has 0 fully saturated rings. The molecule has 0 bridgehead atoms. The van der Waals surface area contributed by atoms with Gasteiger partial charge in [0.1, 0.15) is 29.7 Å². The molecule has 14 nitrogen and oxygen atoms in total. The van der Waals surface area contributed by atoms with Crippen molar-refractivity contribution >= 4 is 43.7 Å². The Hall–Kier alpha value is -8.78. The molecule has 0 spiro atoms. The average Bonchev–Trinajstić information content (AvgIpc) is 4.35. The number of ether oxygens (including phenoxy) is 4. The molecule has 12 rings (SSSR count). The number of rotatable bonds is 16. The molecule has 14 heteroatoms. The molecule has 10 aromatic heterocycles. The minimum Gasteiger partial charge on any atom is -0.465 e. The Morgan fingerprint density at radius 1 is 0.467 bits per heavy atom. The first-order valence-electron chi connectivity index (χ1n) is 25.6. The Bertz CT molecular complexity index is 4080. The molecule has 380 valence electrons. The van der Waals surface area contributed by atoms with Gasteiger partial charge in [-0.15, -0.1) is 0 Å². The third-order valence-electron chi connectivity index (χ3n) is 14.0. The summed E-state index contributed by atoms with van der Waals surface area (Å²) in [6.07, 6.45) is 12.4. The molecular formula is C61H58N6O8. The molecule has 0 saturated heterocycles. The standard InChI is InChI=1S/C61H58N6O8/c1-11-68-50-20-17-47(72-50)41-29-64(30-42(41)48-18-21-51(73-48)69-12-2)58-35(6)26-37(8)60-55(58)56-46(16-15-39(10)63-56)67(60)33-66-45-23-24-62-28-40(45)54-57(34(5)25-36(7)59(54)66)65-31-43(49-19-22-52(74-49)70-13-3)44(32-65)61-38(9)27-53(75-61)71-14-4/h15-32H,11-14,33H2,1-10H3.